The van der Waals surface area contributed by atoms with Crippen LogP contribution in [0.3, 0.4) is 0 Å². The second-order valence-electron chi connectivity index (χ2n) is 14.5. The van der Waals surface area contributed by atoms with Gasteiger partial charge in [-0.2, -0.15) is 0 Å². The monoisotopic (exact) mass is 456 g/mol. The maximum atomic E-state index is 12.8. The molecular formula is C30H48O3. The van der Waals surface area contributed by atoms with E-state index in [9.17, 15) is 15.0 Å². The van der Waals surface area contributed by atoms with E-state index in [4.69, 9.17) is 0 Å². The maximum absolute atomic E-state index is 12.8. The fourth-order valence-electron chi connectivity index (χ4n) is 10.8. The van der Waals surface area contributed by atoms with Crippen molar-refractivity contribution in [3.8, 4) is 0 Å². The van der Waals surface area contributed by atoms with Crippen molar-refractivity contribution in [2.24, 2.45) is 56.7 Å². The molecule has 10 atom stereocenters. The molecule has 0 radical (unpaired) electrons. The molecule has 3 nitrogen and oxygen atoms in total. The van der Waals surface area contributed by atoms with Crippen LogP contribution in [0.1, 0.15) is 106 Å². The number of aliphatic hydroxyl groups excluding tert-OH is 1. The molecule has 0 amide bonds. The van der Waals surface area contributed by atoms with Crippen LogP contribution in [0, 0.1) is 56.7 Å². The summed E-state index contributed by atoms with van der Waals surface area (Å²) in [6.07, 6.45) is 11.6. The number of fused-ring (bicyclic) bond motifs is 7. The van der Waals surface area contributed by atoms with Gasteiger partial charge in [-0.05, 0) is 109 Å². The van der Waals surface area contributed by atoms with Crippen LogP contribution >= 0.6 is 0 Å². The van der Waals surface area contributed by atoms with Crippen molar-refractivity contribution in [3.05, 3.63) is 11.6 Å². The Morgan fingerprint density at radius 1 is 0.909 bits per heavy atom. The largest absolute Gasteiger partial charge is 0.481 e. The molecule has 5 aliphatic rings. The number of hydrogen-bond acceptors (Lipinski definition) is 2. The third kappa shape index (κ3) is 2.75. The minimum Gasteiger partial charge on any atom is -0.481 e. The van der Waals surface area contributed by atoms with Crippen LogP contribution in [-0.2, 0) is 4.79 Å². The molecule has 0 unspecified atom stereocenters. The minimum atomic E-state index is -0.557. The fourth-order valence-corrected chi connectivity index (χ4v) is 10.8. The number of hydrogen-bond donors (Lipinski definition) is 2. The van der Waals surface area contributed by atoms with E-state index in [2.05, 4.69) is 54.5 Å². The number of carboxylic acid groups (broad SMARTS) is 1. The Kier molecular flexibility index (Phi) is 5.15. The van der Waals surface area contributed by atoms with E-state index in [1.54, 1.807) is 0 Å². The number of aliphatic hydroxyl groups is 1. The van der Waals surface area contributed by atoms with Crippen molar-refractivity contribution < 1.29 is 15.0 Å². The van der Waals surface area contributed by atoms with Crippen LogP contribution in [-0.4, -0.2) is 22.3 Å². The summed E-state index contributed by atoms with van der Waals surface area (Å²) in [4.78, 5) is 12.8. The van der Waals surface area contributed by atoms with E-state index < -0.39 is 11.4 Å². The smallest absolute Gasteiger partial charge is 0.310 e. The topological polar surface area (TPSA) is 57.5 Å². The van der Waals surface area contributed by atoms with Crippen LogP contribution in [0.2, 0.25) is 0 Å². The van der Waals surface area contributed by atoms with Crippen molar-refractivity contribution in [2.45, 2.75) is 112 Å². The fraction of sp³-hybridized carbons (Fsp3) is 0.900. The maximum Gasteiger partial charge on any atom is 0.310 e. The molecule has 5 aliphatic carbocycles. The summed E-state index contributed by atoms with van der Waals surface area (Å²) in [6, 6.07) is 0. The Morgan fingerprint density at radius 3 is 2.27 bits per heavy atom. The summed E-state index contributed by atoms with van der Waals surface area (Å²) in [5.74, 6) is 1.82. The van der Waals surface area contributed by atoms with Crippen molar-refractivity contribution in [2.75, 3.05) is 0 Å². The molecule has 0 aromatic rings. The second-order valence-corrected chi connectivity index (χ2v) is 14.5. The van der Waals surface area contributed by atoms with E-state index in [0.29, 0.717) is 23.7 Å². The van der Waals surface area contributed by atoms with Crippen LogP contribution < -0.4 is 0 Å². The van der Waals surface area contributed by atoms with Gasteiger partial charge in [0.2, 0.25) is 0 Å². The first-order valence-corrected chi connectivity index (χ1v) is 13.9. The molecule has 0 aromatic heterocycles. The van der Waals surface area contributed by atoms with Gasteiger partial charge in [0.25, 0.3) is 0 Å². The SMILES string of the molecule is C[C@H]1[C@H](C)CC[C@]2(C(=O)O)CC[C@]3(C)C(=CC[C@@H]4[C@@]5(C)CC[C@@H](O)C(C)(C)[C@@H]5CC[C@]43C)[C@@H]12. The highest BCUT2D eigenvalue weighted by Crippen LogP contribution is 2.75. The number of rotatable bonds is 1. The van der Waals surface area contributed by atoms with Crippen molar-refractivity contribution in [1.82, 2.24) is 0 Å². The van der Waals surface area contributed by atoms with Gasteiger partial charge in [-0.15, -0.1) is 0 Å². The first kappa shape index (κ1) is 23.9. The van der Waals surface area contributed by atoms with E-state index in [0.717, 1.165) is 44.9 Å². The predicted octanol–water partition coefficient (Wildman–Crippen LogP) is 7.09. The lowest BCUT2D eigenvalue weighted by molar-refractivity contribution is -0.206. The Bertz CT molecular complexity index is 874. The number of aliphatic carboxylic acids is 1. The average molecular weight is 457 g/mol. The zero-order chi connectivity index (χ0) is 24.2. The Labute approximate surface area is 201 Å². The number of carbonyl (C=O) groups is 1. The lowest BCUT2D eigenvalue weighted by atomic mass is 9.33. The van der Waals surface area contributed by atoms with Gasteiger partial charge in [0.15, 0.2) is 0 Å². The van der Waals surface area contributed by atoms with Gasteiger partial charge in [0.1, 0.15) is 0 Å². The normalized spacial score (nSPS) is 55.3. The quantitative estimate of drug-likeness (QED) is 0.414. The lowest BCUT2D eigenvalue weighted by Crippen LogP contribution is -2.65. The molecule has 0 saturated heterocycles. The molecule has 0 aromatic carbocycles. The lowest BCUT2D eigenvalue weighted by Gasteiger charge is -2.71. The molecule has 33 heavy (non-hydrogen) atoms. The van der Waals surface area contributed by atoms with Crippen molar-refractivity contribution in [3.63, 3.8) is 0 Å². The second kappa shape index (κ2) is 7.11. The van der Waals surface area contributed by atoms with Gasteiger partial charge >= 0.3 is 5.97 Å². The molecule has 0 bridgehead atoms. The Balaban J connectivity index is 1.61. The number of carboxylic acids is 1. The molecule has 0 spiro atoms. The summed E-state index contributed by atoms with van der Waals surface area (Å²) in [5.41, 5.74) is 1.46. The van der Waals surface area contributed by atoms with E-state index in [1.807, 2.05) is 0 Å². The Morgan fingerprint density at radius 2 is 1.61 bits per heavy atom. The molecule has 2 N–H and O–H groups in total. The molecule has 0 aliphatic heterocycles. The Hall–Kier alpha value is -0.830. The highest BCUT2D eigenvalue weighted by Gasteiger charge is 2.69. The standard InChI is InChI=1S/C30H48O3/c1-18-10-15-30(25(32)33)17-16-28(6)20(24(30)19(18)2)8-9-22-27(5)13-12-23(31)26(3,4)21(27)11-14-29(22,28)7/h8,18-19,21-24,31H,9-17H2,1-7H3,(H,32,33)/t18-,19+,21+,22-,23-,24-,27+,28-,29-,30+/m1/s1. The summed E-state index contributed by atoms with van der Waals surface area (Å²) in [6.45, 7) is 17.0. The zero-order valence-corrected chi connectivity index (χ0v) is 22.2. The summed E-state index contributed by atoms with van der Waals surface area (Å²) < 4.78 is 0. The van der Waals surface area contributed by atoms with Gasteiger partial charge in [0.05, 0.1) is 11.5 Å². The summed E-state index contributed by atoms with van der Waals surface area (Å²) in [5, 5.41) is 21.4. The molecule has 4 fully saturated rings. The van der Waals surface area contributed by atoms with Crippen LogP contribution in [0.4, 0.5) is 0 Å². The predicted molar refractivity (Wildman–Crippen MR) is 133 cm³/mol. The highest BCUT2D eigenvalue weighted by molar-refractivity contribution is 5.76. The third-order valence-corrected chi connectivity index (χ3v) is 13.4. The van der Waals surface area contributed by atoms with Crippen molar-refractivity contribution >= 4 is 5.97 Å². The summed E-state index contributed by atoms with van der Waals surface area (Å²) in [7, 11) is 0. The van der Waals surface area contributed by atoms with Gasteiger partial charge in [-0.25, -0.2) is 0 Å². The highest BCUT2D eigenvalue weighted by atomic mass is 16.4. The van der Waals surface area contributed by atoms with Gasteiger partial charge < -0.3 is 10.2 Å². The molecule has 4 saturated carbocycles. The average Bonchev–Trinajstić information content (AvgIpc) is 2.74. The first-order chi connectivity index (χ1) is 15.3. The molecule has 186 valence electrons. The van der Waals surface area contributed by atoms with Gasteiger partial charge in [-0.1, -0.05) is 60.1 Å². The van der Waals surface area contributed by atoms with E-state index in [1.165, 1.54) is 18.4 Å². The molecule has 5 rings (SSSR count). The van der Waals surface area contributed by atoms with E-state index in [-0.39, 0.29) is 33.7 Å². The minimum absolute atomic E-state index is 0.0302. The van der Waals surface area contributed by atoms with Gasteiger partial charge in [0, 0.05) is 0 Å². The summed E-state index contributed by atoms with van der Waals surface area (Å²) >= 11 is 0. The van der Waals surface area contributed by atoms with Crippen LogP contribution in [0.15, 0.2) is 11.6 Å². The number of allylic oxidation sites excluding steroid dienone is 2. The molecule has 0 heterocycles. The first-order valence-electron chi connectivity index (χ1n) is 13.9. The molecule has 3 heteroatoms. The van der Waals surface area contributed by atoms with Gasteiger partial charge in [-0.3, -0.25) is 4.79 Å². The van der Waals surface area contributed by atoms with Crippen molar-refractivity contribution in [1.29, 1.82) is 0 Å². The molecular weight excluding hydrogens is 408 g/mol. The van der Waals surface area contributed by atoms with Crippen LogP contribution in [0.5, 0.6) is 0 Å². The third-order valence-electron chi connectivity index (χ3n) is 13.4. The van der Waals surface area contributed by atoms with Crippen LogP contribution in [0.25, 0.3) is 0 Å². The zero-order valence-electron chi connectivity index (χ0n) is 22.2. The van der Waals surface area contributed by atoms with E-state index >= 15 is 0 Å².